The van der Waals surface area contributed by atoms with Gasteiger partial charge >= 0.3 is 0 Å². The van der Waals surface area contributed by atoms with Crippen molar-refractivity contribution in [2.75, 3.05) is 26.2 Å². The summed E-state index contributed by atoms with van der Waals surface area (Å²) >= 11 is 0. The zero-order chi connectivity index (χ0) is 10.5. The summed E-state index contributed by atoms with van der Waals surface area (Å²) in [5.74, 6) is 0.135. The van der Waals surface area contributed by atoms with Gasteiger partial charge in [-0.3, -0.25) is 14.7 Å². The van der Waals surface area contributed by atoms with Crippen LogP contribution >= 0.6 is 0 Å². The minimum atomic E-state index is 0.135. The molecule has 0 atom stereocenters. The van der Waals surface area contributed by atoms with E-state index in [1.807, 2.05) is 12.1 Å². The number of rotatable bonds is 3. The third-order valence-corrected chi connectivity index (χ3v) is 2.58. The van der Waals surface area contributed by atoms with Gasteiger partial charge in [0.15, 0.2) is 0 Å². The Kier molecular flexibility index (Phi) is 3.29. The van der Waals surface area contributed by atoms with Gasteiger partial charge in [-0.25, -0.2) is 0 Å². The van der Waals surface area contributed by atoms with Gasteiger partial charge in [0.1, 0.15) is 0 Å². The number of hydrogen-bond acceptors (Lipinski definition) is 3. The van der Waals surface area contributed by atoms with Gasteiger partial charge in [-0.15, -0.1) is 0 Å². The van der Waals surface area contributed by atoms with E-state index in [1.165, 1.54) is 5.56 Å². The number of hydrogen-bond donors (Lipinski definition) is 1. The highest BCUT2D eigenvalue weighted by Gasteiger charge is 2.14. The zero-order valence-electron chi connectivity index (χ0n) is 8.65. The van der Waals surface area contributed by atoms with E-state index in [0.717, 1.165) is 26.1 Å². The highest BCUT2D eigenvalue weighted by Crippen LogP contribution is 2.01. The summed E-state index contributed by atoms with van der Waals surface area (Å²) in [6, 6.07) is 4.04. The number of piperazine rings is 1. The predicted molar refractivity (Wildman–Crippen MR) is 57.4 cm³/mol. The predicted octanol–water partition coefficient (Wildman–Crippen LogP) is 0.0559. The maximum atomic E-state index is 11.1. The molecule has 1 aromatic rings. The van der Waals surface area contributed by atoms with Crippen LogP contribution in [0.3, 0.4) is 0 Å². The standard InChI is InChI=1S/C11H15N3O/c15-11-9-14(8-6-13-11)7-3-10-1-4-12-5-2-10/h1-2,4-5H,3,6-9H2,(H,13,15). The van der Waals surface area contributed by atoms with Crippen molar-refractivity contribution in [3.05, 3.63) is 30.1 Å². The summed E-state index contributed by atoms with van der Waals surface area (Å²) in [5.41, 5.74) is 1.27. The number of nitrogens with one attached hydrogen (secondary N) is 1. The Bertz CT molecular complexity index is 326. The molecule has 4 heteroatoms. The molecule has 1 aromatic heterocycles. The first-order chi connectivity index (χ1) is 7.34. The Labute approximate surface area is 89.3 Å². The number of carbonyl (C=O) groups is 1. The van der Waals surface area contributed by atoms with Crippen LogP contribution < -0.4 is 5.32 Å². The summed E-state index contributed by atoms with van der Waals surface area (Å²) in [5, 5.41) is 2.82. The molecule has 4 nitrogen and oxygen atoms in total. The van der Waals surface area contributed by atoms with Gasteiger partial charge in [0.25, 0.3) is 0 Å². The molecule has 15 heavy (non-hydrogen) atoms. The zero-order valence-corrected chi connectivity index (χ0v) is 8.65. The van der Waals surface area contributed by atoms with E-state index >= 15 is 0 Å². The molecule has 2 rings (SSSR count). The smallest absolute Gasteiger partial charge is 0.234 e. The quantitative estimate of drug-likeness (QED) is 0.758. The fraction of sp³-hybridized carbons (Fsp3) is 0.455. The van der Waals surface area contributed by atoms with Crippen LogP contribution in [0.1, 0.15) is 5.56 Å². The summed E-state index contributed by atoms with van der Waals surface area (Å²) in [7, 11) is 0. The second kappa shape index (κ2) is 4.89. The Morgan fingerprint density at radius 1 is 1.40 bits per heavy atom. The maximum absolute atomic E-state index is 11.1. The second-order valence-corrected chi connectivity index (χ2v) is 3.73. The van der Waals surface area contributed by atoms with Crippen LogP contribution in [0, 0.1) is 0 Å². The minimum absolute atomic E-state index is 0.135. The van der Waals surface area contributed by atoms with Crippen molar-refractivity contribution < 1.29 is 4.79 Å². The van der Waals surface area contributed by atoms with Crippen LogP contribution in [0.25, 0.3) is 0 Å². The molecule has 80 valence electrons. The van der Waals surface area contributed by atoms with E-state index < -0.39 is 0 Å². The number of amides is 1. The molecule has 0 bridgehead atoms. The minimum Gasteiger partial charge on any atom is -0.354 e. The molecule has 0 unspecified atom stereocenters. The average Bonchev–Trinajstić information content (AvgIpc) is 2.28. The van der Waals surface area contributed by atoms with E-state index in [0.29, 0.717) is 6.54 Å². The van der Waals surface area contributed by atoms with Crippen molar-refractivity contribution in [3.63, 3.8) is 0 Å². The van der Waals surface area contributed by atoms with E-state index in [4.69, 9.17) is 0 Å². The van der Waals surface area contributed by atoms with Gasteiger partial charge < -0.3 is 5.32 Å². The fourth-order valence-electron chi connectivity index (χ4n) is 1.72. The van der Waals surface area contributed by atoms with Gasteiger partial charge in [0.2, 0.25) is 5.91 Å². The summed E-state index contributed by atoms with van der Waals surface area (Å²) < 4.78 is 0. The highest BCUT2D eigenvalue weighted by atomic mass is 16.2. The molecule has 1 saturated heterocycles. The lowest BCUT2D eigenvalue weighted by Crippen LogP contribution is -2.48. The first-order valence-electron chi connectivity index (χ1n) is 5.22. The van der Waals surface area contributed by atoms with Crippen LogP contribution in [0.5, 0.6) is 0 Å². The molecule has 1 fully saturated rings. The molecule has 1 aliphatic rings. The van der Waals surface area contributed by atoms with Crippen molar-refractivity contribution in [2.45, 2.75) is 6.42 Å². The van der Waals surface area contributed by atoms with E-state index in [1.54, 1.807) is 12.4 Å². The number of nitrogens with zero attached hydrogens (tertiary/aromatic N) is 2. The van der Waals surface area contributed by atoms with E-state index in [9.17, 15) is 4.79 Å². The molecular formula is C11H15N3O. The SMILES string of the molecule is O=C1CN(CCc2ccncc2)CCN1. The maximum Gasteiger partial charge on any atom is 0.234 e. The monoisotopic (exact) mass is 205 g/mol. The van der Waals surface area contributed by atoms with Gasteiger partial charge in [-0.2, -0.15) is 0 Å². The Morgan fingerprint density at radius 2 is 2.20 bits per heavy atom. The lowest BCUT2D eigenvalue weighted by atomic mass is 10.2. The topological polar surface area (TPSA) is 45.2 Å². The summed E-state index contributed by atoms with van der Waals surface area (Å²) in [6.45, 7) is 3.20. The molecule has 0 radical (unpaired) electrons. The Balaban J connectivity index is 1.80. The fourth-order valence-corrected chi connectivity index (χ4v) is 1.72. The van der Waals surface area contributed by atoms with Gasteiger partial charge in [0, 0.05) is 32.0 Å². The Hall–Kier alpha value is -1.42. The molecular weight excluding hydrogens is 190 g/mol. The average molecular weight is 205 g/mol. The van der Waals surface area contributed by atoms with Crippen LogP contribution in [0.4, 0.5) is 0 Å². The lowest BCUT2D eigenvalue weighted by Gasteiger charge is -2.26. The third-order valence-electron chi connectivity index (χ3n) is 2.58. The van der Waals surface area contributed by atoms with Crippen molar-refractivity contribution in [1.29, 1.82) is 0 Å². The first kappa shape index (κ1) is 10.1. The van der Waals surface area contributed by atoms with Crippen LogP contribution in [-0.2, 0) is 11.2 Å². The van der Waals surface area contributed by atoms with Crippen LogP contribution in [0.2, 0.25) is 0 Å². The second-order valence-electron chi connectivity index (χ2n) is 3.73. The number of pyridine rings is 1. The largest absolute Gasteiger partial charge is 0.354 e. The van der Waals surface area contributed by atoms with Gasteiger partial charge in [-0.1, -0.05) is 0 Å². The van der Waals surface area contributed by atoms with Crippen LogP contribution in [-0.4, -0.2) is 42.0 Å². The Morgan fingerprint density at radius 3 is 2.93 bits per heavy atom. The lowest BCUT2D eigenvalue weighted by molar-refractivity contribution is -0.124. The van der Waals surface area contributed by atoms with E-state index in [-0.39, 0.29) is 5.91 Å². The van der Waals surface area contributed by atoms with Crippen molar-refractivity contribution in [1.82, 2.24) is 15.2 Å². The normalized spacial score (nSPS) is 17.5. The van der Waals surface area contributed by atoms with E-state index in [2.05, 4.69) is 15.2 Å². The molecule has 0 saturated carbocycles. The molecule has 1 amide bonds. The number of aromatic nitrogens is 1. The molecule has 1 N–H and O–H groups in total. The van der Waals surface area contributed by atoms with Crippen LogP contribution in [0.15, 0.2) is 24.5 Å². The summed E-state index contributed by atoms with van der Waals surface area (Å²) in [4.78, 5) is 17.3. The first-order valence-corrected chi connectivity index (χ1v) is 5.22. The highest BCUT2D eigenvalue weighted by molar-refractivity contribution is 5.78. The van der Waals surface area contributed by atoms with Crippen molar-refractivity contribution >= 4 is 5.91 Å². The molecule has 0 aliphatic carbocycles. The van der Waals surface area contributed by atoms with Gasteiger partial charge in [0.05, 0.1) is 6.54 Å². The molecule has 0 spiro atoms. The molecule has 2 heterocycles. The molecule has 0 aromatic carbocycles. The summed E-state index contributed by atoms with van der Waals surface area (Å²) in [6.07, 6.45) is 4.59. The van der Waals surface area contributed by atoms with Crippen molar-refractivity contribution in [3.8, 4) is 0 Å². The van der Waals surface area contributed by atoms with Gasteiger partial charge in [-0.05, 0) is 24.1 Å². The molecule has 1 aliphatic heterocycles. The third kappa shape index (κ3) is 3.02. The van der Waals surface area contributed by atoms with Crippen molar-refractivity contribution in [2.24, 2.45) is 0 Å². The number of carbonyl (C=O) groups excluding carboxylic acids is 1.